The third kappa shape index (κ3) is 4.44. The number of para-hydroxylation sites is 2. The Bertz CT molecular complexity index is 3110. The second kappa shape index (κ2) is 11.5. The van der Waals surface area contributed by atoms with Gasteiger partial charge in [-0.3, -0.25) is 0 Å². The zero-order valence-electron chi connectivity index (χ0n) is 27.7. The average Bonchev–Trinajstić information content (AvgIpc) is 3.80. The Morgan fingerprint density at radius 1 is 0.519 bits per heavy atom. The fraction of sp³-hybridized carbons (Fsp3) is 0.0217. The van der Waals surface area contributed by atoms with Crippen LogP contribution in [0.1, 0.15) is 22.9 Å². The van der Waals surface area contributed by atoms with Crippen molar-refractivity contribution in [2.45, 2.75) is 6.17 Å². The van der Waals surface area contributed by atoms with Gasteiger partial charge in [0.2, 0.25) is 0 Å². The molecule has 0 fully saturated rings. The molecule has 1 aliphatic heterocycles. The minimum atomic E-state index is -0.448. The van der Waals surface area contributed by atoms with Crippen LogP contribution in [-0.4, -0.2) is 16.7 Å². The summed E-state index contributed by atoms with van der Waals surface area (Å²) in [5.74, 6) is 1.47. The SMILES string of the molecule is c1ccc(C2=NC(c3cccc4sc5ccccc5c34)=NC(c3cccc4c3oc3c4ccc4c(-c5ccccc5)nc5ccccc5c43)N2)cc1. The van der Waals surface area contributed by atoms with Crippen LogP contribution < -0.4 is 5.32 Å². The van der Waals surface area contributed by atoms with Crippen molar-refractivity contribution in [1.29, 1.82) is 0 Å². The summed E-state index contributed by atoms with van der Waals surface area (Å²) in [5, 5.41) is 11.4. The van der Waals surface area contributed by atoms with Crippen molar-refractivity contribution in [2.75, 3.05) is 0 Å². The Kier molecular flexibility index (Phi) is 6.42. The van der Waals surface area contributed by atoms with Gasteiger partial charge in [0.1, 0.15) is 17.0 Å². The molecule has 5 nitrogen and oxygen atoms in total. The lowest BCUT2D eigenvalue weighted by atomic mass is 9.97. The quantitative estimate of drug-likeness (QED) is 0.188. The van der Waals surface area contributed by atoms with Crippen molar-refractivity contribution in [2.24, 2.45) is 9.98 Å². The zero-order chi connectivity index (χ0) is 34.2. The Labute approximate surface area is 302 Å². The maximum Gasteiger partial charge on any atom is 0.160 e. The maximum atomic E-state index is 7.07. The smallest absolute Gasteiger partial charge is 0.160 e. The van der Waals surface area contributed by atoms with E-state index in [1.807, 2.05) is 30.3 Å². The maximum absolute atomic E-state index is 7.07. The molecule has 0 bridgehead atoms. The van der Waals surface area contributed by atoms with Crippen LogP contribution >= 0.6 is 11.3 Å². The summed E-state index contributed by atoms with van der Waals surface area (Å²) in [7, 11) is 0. The number of rotatable bonds is 4. The lowest BCUT2D eigenvalue weighted by Gasteiger charge is -2.24. The highest BCUT2D eigenvalue weighted by atomic mass is 32.1. The molecule has 1 unspecified atom stereocenters. The van der Waals surface area contributed by atoms with Crippen molar-refractivity contribution in [3.63, 3.8) is 0 Å². The molecule has 0 aliphatic carbocycles. The summed E-state index contributed by atoms with van der Waals surface area (Å²) in [6.45, 7) is 0. The number of pyridine rings is 1. The Morgan fingerprint density at radius 2 is 1.19 bits per heavy atom. The van der Waals surface area contributed by atoms with Gasteiger partial charge in [0.15, 0.2) is 12.0 Å². The lowest BCUT2D eigenvalue weighted by Crippen LogP contribution is -2.33. The molecular weight excluding hydrogens is 657 g/mol. The number of hydrogen-bond acceptors (Lipinski definition) is 6. The standard InChI is InChI=1S/C46H28N4OS/c1-3-13-27(14-4-1)41-33-26-25-30-29-19-11-21-35(42(29)51-43(30)40(33)31-17-7-9-22-36(31)47-41)46-49-44(28-15-5-2-6-16-28)48-45(50-46)34-20-12-24-38-39(34)32-18-8-10-23-37(32)52-38/h1-26,46H,(H,48,49,50). The molecule has 0 radical (unpaired) electrons. The van der Waals surface area contributed by atoms with Crippen LogP contribution in [0.4, 0.5) is 0 Å². The van der Waals surface area contributed by atoms with Gasteiger partial charge in [-0.05, 0) is 24.3 Å². The third-order valence-corrected chi connectivity index (χ3v) is 11.3. The van der Waals surface area contributed by atoms with Crippen LogP contribution in [0, 0.1) is 0 Å². The predicted molar refractivity (Wildman–Crippen MR) is 217 cm³/mol. The van der Waals surface area contributed by atoms with E-state index < -0.39 is 6.17 Å². The van der Waals surface area contributed by atoms with E-state index >= 15 is 0 Å². The number of nitrogens with zero attached hydrogens (tertiary/aromatic N) is 3. The molecule has 0 amide bonds. The molecule has 3 aromatic heterocycles. The van der Waals surface area contributed by atoms with Crippen molar-refractivity contribution < 1.29 is 4.42 Å². The fourth-order valence-corrected chi connectivity index (χ4v) is 8.91. The number of benzene rings is 7. The van der Waals surface area contributed by atoms with Gasteiger partial charge in [-0.1, -0.05) is 133 Å². The molecule has 11 rings (SSSR count). The van der Waals surface area contributed by atoms with Gasteiger partial charge >= 0.3 is 0 Å². The largest absolute Gasteiger partial charge is 0.455 e. The van der Waals surface area contributed by atoms with E-state index in [4.69, 9.17) is 19.4 Å². The number of thiophene rings is 1. The minimum Gasteiger partial charge on any atom is -0.455 e. The molecule has 52 heavy (non-hydrogen) atoms. The van der Waals surface area contributed by atoms with Crippen LogP contribution in [0.15, 0.2) is 172 Å². The molecule has 6 heteroatoms. The van der Waals surface area contributed by atoms with E-state index in [1.54, 1.807) is 11.3 Å². The zero-order valence-corrected chi connectivity index (χ0v) is 28.6. The van der Waals surface area contributed by atoms with E-state index in [1.165, 1.54) is 20.2 Å². The third-order valence-electron chi connectivity index (χ3n) is 10.1. The fourth-order valence-electron chi connectivity index (χ4n) is 7.78. The number of hydrogen-bond donors (Lipinski definition) is 1. The van der Waals surface area contributed by atoms with Gasteiger partial charge in [0, 0.05) is 69.4 Å². The molecule has 1 atom stereocenters. The average molecular weight is 685 g/mol. The highest BCUT2D eigenvalue weighted by Crippen LogP contribution is 2.43. The van der Waals surface area contributed by atoms with Crippen molar-refractivity contribution in [3.05, 3.63) is 174 Å². The van der Waals surface area contributed by atoms with E-state index in [-0.39, 0.29) is 0 Å². The van der Waals surface area contributed by atoms with Crippen molar-refractivity contribution in [1.82, 2.24) is 10.3 Å². The molecular formula is C46H28N4OS. The molecule has 0 saturated heterocycles. The second-order valence-corrected chi connectivity index (χ2v) is 14.2. The number of aromatic nitrogens is 1. The first-order valence-electron chi connectivity index (χ1n) is 17.4. The lowest BCUT2D eigenvalue weighted by molar-refractivity contribution is 0.630. The van der Waals surface area contributed by atoms with Gasteiger partial charge in [0.05, 0.1) is 11.2 Å². The normalized spacial score (nSPS) is 14.7. The van der Waals surface area contributed by atoms with Gasteiger partial charge in [0.25, 0.3) is 0 Å². The van der Waals surface area contributed by atoms with E-state index in [0.717, 1.165) is 77.4 Å². The van der Waals surface area contributed by atoms with Crippen LogP contribution in [0.5, 0.6) is 0 Å². The first kappa shape index (κ1) is 29.1. The minimum absolute atomic E-state index is 0.448. The van der Waals surface area contributed by atoms with Crippen LogP contribution in [0.25, 0.3) is 75.0 Å². The number of fused-ring (bicyclic) bond motifs is 10. The Hall–Kier alpha value is -6.63. The number of aliphatic imine (C=N–C) groups is 2. The molecule has 10 aromatic rings. The molecule has 0 saturated carbocycles. The molecule has 244 valence electrons. The highest BCUT2D eigenvalue weighted by Gasteiger charge is 2.27. The van der Waals surface area contributed by atoms with Crippen LogP contribution in [-0.2, 0) is 0 Å². The molecule has 0 spiro atoms. The van der Waals surface area contributed by atoms with Gasteiger partial charge in [-0.15, -0.1) is 11.3 Å². The first-order chi connectivity index (χ1) is 25.8. The summed E-state index contributed by atoms with van der Waals surface area (Å²) in [4.78, 5) is 15.7. The Morgan fingerprint density at radius 3 is 2.06 bits per heavy atom. The molecule has 1 N–H and O–H groups in total. The van der Waals surface area contributed by atoms with E-state index in [9.17, 15) is 0 Å². The van der Waals surface area contributed by atoms with Crippen molar-refractivity contribution in [3.8, 4) is 11.3 Å². The summed E-state index contributed by atoms with van der Waals surface area (Å²) in [6.07, 6.45) is -0.448. The summed E-state index contributed by atoms with van der Waals surface area (Å²) in [5.41, 5.74) is 7.57. The van der Waals surface area contributed by atoms with Crippen LogP contribution in [0.3, 0.4) is 0 Å². The van der Waals surface area contributed by atoms with Crippen molar-refractivity contribution >= 4 is 86.8 Å². The Balaban J connectivity index is 1.16. The summed E-state index contributed by atoms with van der Waals surface area (Å²) in [6, 6.07) is 54.8. The predicted octanol–water partition coefficient (Wildman–Crippen LogP) is 11.8. The van der Waals surface area contributed by atoms with Gasteiger partial charge in [-0.25, -0.2) is 15.0 Å². The molecule has 4 heterocycles. The molecule has 1 aliphatic rings. The number of furan rings is 1. The summed E-state index contributed by atoms with van der Waals surface area (Å²) < 4.78 is 9.54. The number of amidine groups is 2. The highest BCUT2D eigenvalue weighted by molar-refractivity contribution is 7.25. The van der Waals surface area contributed by atoms with Gasteiger partial charge in [-0.2, -0.15) is 0 Å². The van der Waals surface area contributed by atoms with Crippen LogP contribution in [0.2, 0.25) is 0 Å². The topological polar surface area (TPSA) is 62.8 Å². The second-order valence-electron chi connectivity index (χ2n) is 13.1. The van der Waals surface area contributed by atoms with E-state index in [0.29, 0.717) is 5.84 Å². The van der Waals surface area contributed by atoms with Gasteiger partial charge < -0.3 is 9.73 Å². The monoisotopic (exact) mass is 684 g/mol. The first-order valence-corrected chi connectivity index (χ1v) is 18.2. The van der Waals surface area contributed by atoms with E-state index in [2.05, 4.69) is 133 Å². The summed E-state index contributed by atoms with van der Waals surface area (Å²) >= 11 is 1.80. The number of nitrogens with one attached hydrogen (secondary N) is 1. The molecule has 7 aromatic carbocycles.